The molecule has 0 bridgehead atoms. The number of benzene rings is 2. The number of ether oxygens (including phenoxy) is 1. The molecule has 0 spiro atoms. The second kappa shape index (κ2) is 8.90. The number of carbonyl (C=O) groups is 1. The molecule has 0 aliphatic heterocycles. The lowest BCUT2D eigenvalue weighted by molar-refractivity contribution is 0.0775. The second-order valence-electron chi connectivity index (χ2n) is 7.99. The van der Waals surface area contributed by atoms with E-state index in [0.717, 1.165) is 41.5 Å². The Balaban J connectivity index is 1.72. The van der Waals surface area contributed by atoms with Gasteiger partial charge in [0.1, 0.15) is 17.1 Å². The Hall–Kier alpha value is -2.82. The lowest BCUT2D eigenvalue weighted by Gasteiger charge is -2.18. The first-order valence-corrected chi connectivity index (χ1v) is 11.1. The van der Waals surface area contributed by atoms with Crippen LogP contribution in [0.1, 0.15) is 55.4 Å². The number of carbonyl (C=O) groups excluding carboxylic acids is 1. The molecule has 1 aliphatic rings. The molecule has 30 heavy (non-hydrogen) atoms. The smallest absolute Gasteiger partial charge is 0.256 e. The molecule has 1 heterocycles. The van der Waals surface area contributed by atoms with Crippen LogP contribution < -0.4 is 4.74 Å². The normalized spacial score (nSPS) is 13.6. The summed E-state index contributed by atoms with van der Waals surface area (Å²) >= 11 is 0. The van der Waals surface area contributed by atoms with Gasteiger partial charge in [0.2, 0.25) is 0 Å². The molecule has 0 N–H and O–H groups in total. The minimum absolute atomic E-state index is 0.0642. The fourth-order valence-corrected chi connectivity index (χ4v) is 4.00. The third-order valence-electron chi connectivity index (χ3n) is 5.87. The molecule has 158 valence electrons. The minimum atomic E-state index is 0.0642. The highest BCUT2D eigenvalue weighted by atomic mass is 16.5. The molecule has 1 saturated carbocycles. The molecule has 0 atom stereocenters. The van der Waals surface area contributed by atoms with Crippen molar-refractivity contribution in [2.24, 2.45) is 5.92 Å². The van der Waals surface area contributed by atoms with Crippen molar-refractivity contribution in [1.82, 2.24) is 14.5 Å². The number of fused-ring (bicyclic) bond motifs is 1. The van der Waals surface area contributed by atoms with Crippen molar-refractivity contribution in [2.45, 2.75) is 46.6 Å². The van der Waals surface area contributed by atoms with Crippen molar-refractivity contribution in [2.75, 3.05) is 19.7 Å². The summed E-state index contributed by atoms with van der Waals surface area (Å²) in [5.74, 6) is 2.71. The highest BCUT2D eigenvalue weighted by Crippen LogP contribution is 2.33. The zero-order valence-electron chi connectivity index (χ0n) is 18.2. The Morgan fingerprint density at radius 1 is 1.10 bits per heavy atom. The van der Waals surface area contributed by atoms with Crippen LogP contribution in [0.2, 0.25) is 0 Å². The maximum absolute atomic E-state index is 13.1. The second-order valence-corrected chi connectivity index (χ2v) is 7.99. The lowest BCUT2D eigenvalue weighted by atomic mass is 10.1. The van der Waals surface area contributed by atoms with E-state index in [2.05, 4.69) is 22.8 Å². The van der Waals surface area contributed by atoms with E-state index in [4.69, 9.17) is 9.72 Å². The lowest BCUT2D eigenvalue weighted by Crippen LogP contribution is -2.30. The van der Waals surface area contributed by atoms with Gasteiger partial charge in [-0.15, -0.1) is 0 Å². The van der Waals surface area contributed by atoms with Gasteiger partial charge in [-0.1, -0.05) is 18.2 Å². The molecule has 2 aromatic carbocycles. The number of rotatable bonds is 9. The van der Waals surface area contributed by atoms with Gasteiger partial charge in [-0.05, 0) is 69.4 Å². The highest BCUT2D eigenvalue weighted by Gasteiger charge is 2.26. The molecular formula is C25H31N3O2. The van der Waals surface area contributed by atoms with Crippen molar-refractivity contribution in [3.8, 4) is 5.75 Å². The van der Waals surface area contributed by atoms with Crippen LogP contribution in [-0.2, 0) is 13.0 Å². The molecule has 1 aliphatic carbocycles. The molecule has 0 saturated heterocycles. The van der Waals surface area contributed by atoms with E-state index >= 15 is 0 Å². The average molecular weight is 406 g/mol. The van der Waals surface area contributed by atoms with E-state index in [-0.39, 0.29) is 5.91 Å². The van der Waals surface area contributed by atoms with Crippen LogP contribution >= 0.6 is 0 Å². The summed E-state index contributed by atoms with van der Waals surface area (Å²) in [7, 11) is 0. The van der Waals surface area contributed by atoms with Crippen molar-refractivity contribution >= 4 is 16.9 Å². The summed E-state index contributed by atoms with van der Waals surface area (Å²) in [4.78, 5) is 20.0. The molecule has 1 amide bonds. The molecule has 0 radical (unpaired) electrons. The zero-order valence-corrected chi connectivity index (χ0v) is 18.2. The van der Waals surface area contributed by atoms with Gasteiger partial charge in [0.15, 0.2) is 0 Å². The Morgan fingerprint density at radius 3 is 2.47 bits per heavy atom. The maximum Gasteiger partial charge on any atom is 0.256 e. The van der Waals surface area contributed by atoms with E-state index in [0.29, 0.717) is 25.3 Å². The van der Waals surface area contributed by atoms with Gasteiger partial charge < -0.3 is 14.2 Å². The van der Waals surface area contributed by atoms with E-state index in [1.165, 1.54) is 18.4 Å². The molecule has 1 aromatic heterocycles. The Bertz CT molecular complexity index is 1010. The topological polar surface area (TPSA) is 47.4 Å². The number of imidazole rings is 1. The number of amides is 1. The fraction of sp³-hybridized carbons (Fsp3) is 0.440. The summed E-state index contributed by atoms with van der Waals surface area (Å²) in [5, 5.41) is 0. The molecule has 1 fully saturated rings. The third kappa shape index (κ3) is 4.20. The fourth-order valence-electron chi connectivity index (χ4n) is 4.00. The molecule has 5 nitrogen and oxygen atoms in total. The largest absolute Gasteiger partial charge is 0.494 e. The summed E-state index contributed by atoms with van der Waals surface area (Å²) in [6, 6.07) is 14.2. The van der Waals surface area contributed by atoms with Crippen LogP contribution in [0, 0.1) is 5.92 Å². The summed E-state index contributed by atoms with van der Waals surface area (Å²) in [5.41, 5.74) is 3.80. The van der Waals surface area contributed by atoms with E-state index in [9.17, 15) is 4.79 Å². The van der Waals surface area contributed by atoms with Gasteiger partial charge in [-0.3, -0.25) is 4.79 Å². The van der Waals surface area contributed by atoms with E-state index in [1.807, 2.05) is 49.9 Å². The number of para-hydroxylation sites is 1. The van der Waals surface area contributed by atoms with Crippen LogP contribution in [-0.4, -0.2) is 40.1 Å². The molecular weight excluding hydrogens is 374 g/mol. The van der Waals surface area contributed by atoms with Crippen molar-refractivity contribution in [1.29, 1.82) is 0 Å². The van der Waals surface area contributed by atoms with Crippen LogP contribution in [0.5, 0.6) is 5.75 Å². The first-order chi connectivity index (χ1) is 14.6. The van der Waals surface area contributed by atoms with Gasteiger partial charge in [0, 0.05) is 26.1 Å². The van der Waals surface area contributed by atoms with Crippen LogP contribution in [0.3, 0.4) is 0 Å². The summed E-state index contributed by atoms with van der Waals surface area (Å²) in [6.07, 6.45) is 3.30. The van der Waals surface area contributed by atoms with Gasteiger partial charge >= 0.3 is 0 Å². The van der Waals surface area contributed by atoms with E-state index in [1.54, 1.807) is 0 Å². The Kier molecular flexibility index (Phi) is 6.07. The SMILES string of the molecule is CCOc1ccc(Cc2nc3c(C(=O)N(CC)CC)cccc3n2CC2CC2)cc1. The van der Waals surface area contributed by atoms with E-state index < -0.39 is 0 Å². The quantitative estimate of drug-likeness (QED) is 0.508. The molecule has 4 rings (SSSR count). The van der Waals surface area contributed by atoms with Crippen LogP contribution in [0.15, 0.2) is 42.5 Å². The van der Waals surface area contributed by atoms with Crippen molar-refractivity contribution in [3.05, 3.63) is 59.4 Å². The first-order valence-electron chi connectivity index (χ1n) is 11.1. The number of nitrogens with zero attached hydrogens (tertiary/aromatic N) is 3. The number of aromatic nitrogens is 2. The van der Waals surface area contributed by atoms with Gasteiger partial charge in [-0.25, -0.2) is 4.98 Å². The van der Waals surface area contributed by atoms with Gasteiger partial charge in [0.25, 0.3) is 5.91 Å². The van der Waals surface area contributed by atoms with Gasteiger partial charge in [-0.2, -0.15) is 0 Å². The Morgan fingerprint density at radius 2 is 1.83 bits per heavy atom. The highest BCUT2D eigenvalue weighted by molar-refractivity contribution is 6.05. The molecule has 3 aromatic rings. The average Bonchev–Trinajstić information content (AvgIpc) is 3.52. The van der Waals surface area contributed by atoms with Crippen molar-refractivity contribution < 1.29 is 9.53 Å². The number of hydrogen-bond acceptors (Lipinski definition) is 3. The maximum atomic E-state index is 13.1. The summed E-state index contributed by atoms with van der Waals surface area (Å²) < 4.78 is 7.90. The standard InChI is InChI=1S/C25H31N3O2/c1-4-27(5-2)25(29)21-8-7-9-22-24(21)26-23(28(22)17-19-10-11-19)16-18-12-14-20(15-13-18)30-6-3/h7-9,12-15,19H,4-6,10-11,16-17H2,1-3H3. The predicted octanol–water partition coefficient (Wildman–Crippen LogP) is 4.92. The monoisotopic (exact) mass is 405 g/mol. The Labute approximate surface area is 178 Å². The number of hydrogen-bond donors (Lipinski definition) is 0. The third-order valence-corrected chi connectivity index (χ3v) is 5.87. The molecule has 5 heteroatoms. The van der Waals surface area contributed by atoms with Crippen LogP contribution in [0.25, 0.3) is 11.0 Å². The summed E-state index contributed by atoms with van der Waals surface area (Å²) in [6.45, 7) is 9.08. The first kappa shape index (κ1) is 20.5. The van der Waals surface area contributed by atoms with Crippen molar-refractivity contribution in [3.63, 3.8) is 0 Å². The molecule has 0 unspecified atom stereocenters. The zero-order chi connectivity index (χ0) is 21.1. The predicted molar refractivity (Wildman–Crippen MR) is 120 cm³/mol. The minimum Gasteiger partial charge on any atom is -0.494 e. The van der Waals surface area contributed by atoms with Gasteiger partial charge in [0.05, 0.1) is 17.7 Å². The van der Waals surface area contributed by atoms with Crippen LogP contribution in [0.4, 0.5) is 0 Å².